The number of hydrogen-bond donors (Lipinski definition) is 2. The number of amides is 1. The molecule has 2 rings (SSSR count). The summed E-state index contributed by atoms with van der Waals surface area (Å²) in [7, 11) is -3.54. The normalized spacial score (nSPS) is 12.2. The summed E-state index contributed by atoms with van der Waals surface area (Å²) in [6.45, 7) is 1.37. The lowest BCUT2D eigenvalue weighted by molar-refractivity contribution is -0.124. The standard InChI is InChI=1S/C16H18N2O5S2/c1-11(14-8-5-9-24-14)17-15(19)10-23-16(20)12-6-3-4-7-13(12)18-25(2,21)22/h3-9,11,18H,10H2,1-2H3,(H,17,19)/t11-/m1/s1. The molecule has 25 heavy (non-hydrogen) atoms. The molecule has 0 spiro atoms. The summed E-state index contributed by atoms with van der Waals surface area (Å²) in [5.74, 6) is -1.23. The highest BCUT2D eigenvalue weighted by Gasteiger charge is 2.17. The van der Waals surface area contributed by atoms with Gasteiger partial charge in [0.2, 0.25) is 10.0 Å². The number of sulfonamides is 1. The Bertz CT molecular complexity index is 847. The highest BCUT2D eigenvalue weighted by molar-refractivity contribution is 7.92. The Morgan fingerprint density at radius 2 is 1.92 bits per heavy atom. The molecule has 2 N–H and O–H groups in total. The first-order valence-electron chi connectivity index (χ1n) is 7.33. The quantitative estimate of drug-likeness (QED) is 0.715. The summed E-state index contributed by atoms with van der Waals surface area (Å²) in [4.78, 5) is 25.0. The number of carbonyl (C=O) groups excluding carboxylic acids is 2. The number of thiophene rings is 1. The van der Waals surface area contributed by atoms with Gasteiger partial charge in [-0.05, 0) is 30.5 Å². The number of carbonyl (C=O) groups is 2. The number of nitrogens with one attached hydrogen (secondary N) is 2. The first kappa shape index (κ1) is 18.9. The molecule has 1 heterocycles. The second-order valence-electron chi connectivity index (χ2n) is 5.30. The van der Waals surface area contributed by atoms with Gasteiger partial charge >= 0.3 is 5.97 Å². The van der Waals surface area contributed by atoms with Crippen molar-refractivity contribution in [3.8, 4) is 0 Å². The third kappa shape index (κ3) is 5.87. The van der Waals surface area contributed by atoms with Gasteiger partial charge in [-0.2, -0.15) is 0 Å². The zero-order valence-corrected chi connectivity index (χ0v) is 15.3. The predicted octanol–water partition coefficient (Wildman–Crippen LogP) is 2.15. The molecule has 7 nitrogen and oxygen atoms in total. The minimum Gasteiger partial charge on any atom is -0.452 e. The molecule has 9 heteroatoms. The SMILES string of the molecule is C[C@@H](NC(=O)COC(=O)c1ccccc1NS(C)(=O)=O)c1cccs1. The van der Waals surface area contributed by atoms with Crippen LogP contribution in [0, 0.1) is 0 Å². The Morgan fingerprint density at radius 3 is 2.56 bits per heavy atom. The van der Waals surface area contributed by atoms with Crippen molar-refractivity contribution < 1.29 is 22.7 Å². The molecule has 134 valence electrons. The zero-order valence-electron chi connectivity index (χ0n) is 13.7. The van der Waals surface area contributed by atoms with Crippen LogP contribution in [-0.2, 0) is 19.6 Å². The van der Waals surface area contributed by atoms with Gasteiger partial charge in [-0.15, -0.1) is 11.3 Å². The molecule has 1 aromatic heterocycles. The maximum atomic E-state index is 12.1. The Balaban J connectivity index is 1.95. The van der Waals surface area contributed by atoms with Crippen molar-refractivity contribution >= 4 is 38.9 Å². The van der Waals surface area contributed by atoms with E-state index in [1.807, 2.05) is 24.4 Å². The number of esters is 1. The summed E-state index contributed by atoms with van der Waals surface area (Å²) in [6, 6.07) is 9.61. The lowest BCUT2D eigenvalue weighted by Gasteiger charge is -2.13. The van der Waals surface area contributed by atoms with E-state index in [4.69, 9.17) is 4.74 Å². The van der Waals surface area contributed by atoms with E-state index < -0.39 is 28.5 Å². The molecule has 0 radical (unpaired) electrons. The molecule has 0 aliphatic heterocycles. The minimum absolute atomic E-state index is 0.0343. The fraction of sp³-hybridized carbons (Fsp3) is 0.250. The van der Waals surface area contributed by atoms with Crippen LogP contribution in [0.3, 0.4) is 0 Å². The molecule has 0 saturated heterocycles. The molecule has 0 aliphatic carbocycles. The first-order chi connectivity index (χ1) is 11.8. The van der Waals surface area contributed by atoms with Crippen LogP contribution < -0.4 is 10.0 Å². The summed E-state index contributed by atoms with van der Waals surface area (Å²) < 4.78 is 29.9. The monoisotopic (exact) mass is 382 g/mol. The molecule has 0 bridgehead atoms. The number of hydrogen-bond acceptors (Lipinski definition) is 6. The van der Waals surface area contributed by atoms with Gasteiger partial charge in [0.15, 0.2) is 6.61 Å². The van der Waals surface area contributed by atoms with Gasteiger partial charge in [0.25, 0.3) is 5.91 Å². The van der Waals surface area contributed by atoms with Gasteiger partial charge in [0.1, 0.15) is 0 Å². The molecule has 0 fully saturated rings. The van der Waals surface area contributed by atoms with Crippen LogP contribution in [0.4, 0.5) is 5.69 Å². The largest absolute Gasteiger partial charge is 0.452 e. The first-order valence-corrected chi connectivity index (χ1v) is 10.1. The van der Waals surface area contributed by atoms with Crippen LogP contribution >= 0.6 is 11.3 Å². The van der Waals surface area contributed by atoms with Gasteiger partial charge in [-0.25, -0.2) is 13.2 Å². The fourth-order valence-electron chi connectivity index (χ4n) is 2.05. The van der Waals surface area contributed by atoms with Crippen LogP contribution in [-0.4, -0.2) is 33.2 Å². The lowest BCUT2D eigenvalue weighted by Crippen LogP contribution is -2.30. The predicted molar refractivity (Wildman–Crippen MR) is 96.1 cm³/mol. The number of para-hydroxylation sites is 1. The average Bonchev–Trinajstić information content (AvgIpc) is 3.06. The van der Waals surface area contributed by atoms with Crippen molar-refractivity contribution in [2.75, 3.05) is 17.6 Å². The van der Waals surface area contributed by atoms with Crippen LogP contribution in [0.5, 0.6) is 0 Å². The van der Waals surface area contributed by atoms with Crippen LogP contribution in [0.25, 0.3) is 0 Å². The van der Waals surface area contributed by atoms with Crippen LogP contribution in [0.1, 0.15) is 28.2 Å². The second-order valence-corrected chi connectivity index (χ2v) is 8.03. The van der Waals surface area contributed by atoms with E-state index in [2.05, 4.69) is 10.0 Å². The highest BCUT2D eigenvalue weighted by atomic mass is 32.2. The van der Waals surface area contributed by atoms with Crippen molar-refractivity contribution in [3.63, 3.8) is 0 Å². The summed E-state index contributed by atoms with van der Waals surface area (Å²) in [5, 5.41) is 4.63. The maximum Gasteiger partial charge on any atom is 0.340 e. The molecule has 2 aromatic rings. The van der Waals surface area contributed by atoms with E-state index in [0.29, 0.717) is 0 Å². The molecule has 0 aliphatic rings. The zero-order chi connectivity index (χ0) is 18.4. The molecule has 0 unspecified atom stereocenters. The molecule has 1 amide bonds. The van der Waals surface area contributed by atoms with Gasteiger partial charge in [-0.1, -0.05) is 18.2 Å². The van der Waals surface area contributed by atoms with Crippen molar-refractivity contribution in [1.29, 1.82) is 0 Å². The third-order valence-corrected chi connectivity index (χ3v) is 4.77. The highest BCUT2D eigenvalue weighted by Crippen LogP contribution is 2.19. The molecule has 1 aromatic carbocycles. The Labute approximate surface area is 150 Å². The van der Waals surface area contributed by atoms with E-state index in [1.165, 1.54) is 23.5 Å². The minimum atomic E-state index is -3.54. The van der Waals surface area contributed by atoms with E-state index in [0.717, 1.165) is 11.1 Å². The number of benzene rings is 1. The van der Waals surface area contributed by atoms with Crippen molar-refractivity contribution in [2.24, 2.45) is 0 Å². The molecular weight excluding hydrogens is 364 g/mol. The van der Waals surface area contributed by atoms with Crippen molar-refractivity contribution in [1.82, 2.24) is 5.32 Å². The molecule has 1 atom stereocenters. The summed E-state index contributed by atoms with van der Waals surface area (Å²) in [6.07, 6.45) is 0.981. The van der Waals surface area contributed by atoms with Gasteiger partial charge < -0.3 is 10.1 Å². The Morgan fingerprint density at radius 1 is 1.20 bits per heavy atom. The van der Waals surface area contributed by atoms with E-state index in [-0.39, 0.29) is 17.3 Å². The van der Waals surface area contributed by atoms with Gasteiger partial charge in [0.05, 0.1) is 23.5 Å². The fourth-order valence-corrected chi connectivity index (χ4v) is 3.36. The maximum absolute atomic E-state index is 12.1. The lowest BCUT2D eigenvalue weighted by atomic mass is 10.2. The number of rotatable bonds is 7. The number of anilines is 1. The average molecular weight is 382 g/mol. The Kier molecular flexibility index (Phi) is 6.16. The van der Waals surface area contributed by atoms with E-state index >= 15 is 0 Å². The Hall–Kier alpha value is -2.39. The summed E-state index contributed by atoms with van der Waals surface area (Å²) in [5.41, 5.74) is 0.134. The smallest absolute Gasteiger partial charge is 0.340 e. The van der Waals surface area contributed by atoms with E-state index in [9.17, 15) is 18.0 Å². The van der Waals surface area contributed by atoms with E-state index in [1.54, 1.807) is 12.1 Å². The van der Waals surface area contributed by atoms with Gasteiger partial charge in [0, 0.05) is 4.88 Å². The topological polar surface area (TPSA) is 102 Å². The summed E-state index contributed by atoms with van der Waals surface area (Å²) >= 11 is 1.51. The third-order valence-electron chi connectivity index (χ3n) is 3.12. The van der Waals surface area contributed by atoms with Crippen molar-refractivity contribution in [3.05, 3.63) is 52.2 Å². The molecular formula is C16H18N2O5S2. The number of ether oxygens (including phenoxy) is 1. The molecule has 0 saturated carbocycles. The van der Waals surface area contributed by atoms with Gasteiger partial charge in [-0.3, -0.25) is 9.52 Å². The van der Waals surface area contributed by atoms with Crippen molar-refractivity contribution in [2.45, 2.75) is 13.0 Å². The second kappa shape index (κ2) is 8.13. The van der Waals surface area contributed by atoms with Crippen LogP contribution in [0.15, 0.2) is 41.8 Å². The van der Waals surface area contributed by atoms with Crippen LogP contribution in [0.2, 0.25) is 0 Å².